The van der Waals surface area contributed by atoms with Gasteiger partial charge in [0.2, 0.25) is 0 Å². The van der Waals surface area contributed by atoms with Crippen molar-refractivity contribution in [3.05, 3.63) is 269 Å². The second-order valence-corrected chi connectivity index (χ2v) is 23.1. The number of para-hydroxylation sites is 4. The van der Waals surface area contributed by atoms with Crippen molar-refractivity contribution in [1.29, 1.82) is 10.5 Å². The monoisotopic (exact) mass is 1030 g/mol. The van der Waals surface area contributed by atoms with Crippen molar-refractivity contribution in [2.45, 2.75) is 6.42 Å². The molecule has 0 amide bonds. The quantitative estimate of drug-likeness (QED) is 0.131. The molecule has 4 aliphatic carbocycles. The Hall–Kier alpha value is -10.9. The molecule has 0 bridgehead atoms. The van der Waals surface area contributed by atoms with Crippen molar-refractivity contribution in [2.24, 2.45) is 5.92 Å². The number of aromatic nitrogens is 3. The molecule has 6 aliphatic rings. The third kappa shape index (κ3) is 5.08. The molecule has 0 spiro atoms. The van der Waals surface area contributed by atoms with E-state index in [9.17, 15) is 10.5 Å². The van der Waals surface area contributed by atoms with E-state index in [1.807, 2.05) is 0 Å². The van der Waals surface area contributed by atoms with Gasteiger partial charge < -0.3 is 13.7 Å². The Kier molecular flexibility index (Phi) is 7.90. The van der Waals surface area contributed by atoms with E-state index < -0.39 is 0 Å². The van der Waals surface area contributed by atoms with Gasteiger partial charge in [0.25, 0.3) is 6.71 Å². The van der Waals surface area contributed by atoms with E-state index in [2.05, 4.69) is 250 Å². The predicted octanol–water partition coefficient (Wildman–Crippen LogP) is 16.1. The summed E-state index contributed by atoms with van der Waals surface area (Å²) >= 11 is 0. The van der Waals surface area contributed by atoms with Gasteiger partial charge in [-0.05, 0) is 142 Å². The molecular weight excluding hydrogens is 994 g/mol. The summed E-state index contributed by atoms with van der Waals surface area (Å²) in [5.74, 6) is 0.165. The minimum atomic E-state index is -0.248. The van der Waals surface area contributed by atoms with Crippen LogP contribution in [0.15, 0.2) is 252 Å². The zero-order valence-corrected chi connectivity index (χ0v) is 44.0. The Morgan fingerprint density at radius 3 is 1.74 bits per heavy atom. The molecule has 11 aromatic carbocycles. The number of nitriles is 2. The zero-order valence-electron chi connectivity index (χ0n) is 44.0. The average molecular weight is 1030 g/mol. The highest BCUT2D eigenvalue weighted by molar-refractivity contribution is 7.00. The molecule has 5 nitrogen and oxygen atoms in total. The summed E-state index contributed by atoms with van der Waals surface area (Å²) in [5, 5.41) is 38.8. The van der Waals surface area contributed by atoms with Crippen molar-refractivity contribution < 1.29 is 0 Å². The summed E-state index contributed by atoms with van der Waals surface area (Å²) in [5.41, 5.74) is 24.0. The maximum atomic E-state index is 12.3. The van der Waals surface area contributed by atoms with Crippen LogP contribution in [-0.4, -0.2) is 20.4 Å². The molecule has 0 fully saturated rings. The van der Waals surface area contributed by atoms with E-state index in [0.29, 0.717) is 16.8 Å². The molecule has 2 aliphatic heterocycles. The van der Waals surface area contributed by atoms with Gasteiger partial charge in [0.1, 0.15) is 23.3 Å². The first-order valence-corrected chi connectivity index (χ1v) is 28.4. The van der Waals surface area contributed by atoms with Gasteiger partial charge in [0, 0.05) is 49.3 Å². The van der Waals surface area contributed by atoms with Crippen LogP contribution in [0.5, 0.6) is 0 Å². The number of rotatable bonds is 3. The van der Waals surface area contributed by atoms with Crippen molar-refractivity contribution in [2.75, 3.05) is 0 Å². The SMILES string of the molecule is N#Cc1c(-n2c3ccc(C4=C5C=CC6=C7C(=CC=C(C=C4)C57)CC=C6)cc3c3cc(-c4ccc5ccc6cccc7ccc4c5c67)ccc32)c(C#N)c2c3c1-n1c4ccccc4c4cccc(c41)B3c1cccc3c4ccccc4n-2c13. The number of benzene rings is 11. The minimum Gasteiger partial charge on any atom is -0.309 e. The Balaban J connectivity index is 0.932. The molecule has 6 heteroatoms. The highest BCUT2D eigenvalue weighted by Gasteiger charge is 2.45. The second kappa shape index (κ2) is 15.0. The van der Waals surface area contributed by atoms with Crippen LogP contribution in [-0.2, 0) is 0 Å². The number of hydrogen-bond donors (Lipinski definition) is 0. The molecule has 3 aromatic heterocycles. The summed E-state index contributed by atoms with van der Waals surface area (Å²) < 4.78 is 7.01. The van der Waals surface area contributed by atoms with Crippen LogP contribution in [0.4, 0.5) is 0 Å². The lowest BCUT2D eigenvalue weighted by atomic mass is 9.34. The molecule has 1 unspecified atom stereocenters. The molecule has 20 rings (SSSR count). The van der Waals surface area contributed by atoms with E-state index in [1.165, 1.54) is 76.7 Å². The third-order valence-corrected chi connectivity index (χ3v) is 19.5. The van der Waals surface area contributed by atoms with Gasteiger partial charge in [-0.2, -0.15) is 10.5 Å². The van der Waals surface area contributed by atoms with Gasteiger partial charge >= 0.3 is 0 Å². The minimum absolute atomic E-state index is 0.165. The summed E-state index contributed by atoms with van der Waals surface area (Å²) in [4.78, 5) is 0. The molecule has 1 atom stereocenters. The molecule has 5 heterocycles. The topological polar surface area (TPSA) is 62.4 Å². The fourth-order valence-electron chi connectivity index (χ4n) is 16.3. The summed E-state index contributed by atoms with van der Waals surface area (Å²) in [7, 11) is 0. The lowest BCUT2D eigenvalue weighted by Crippen LogP contribution is -2.60. The molecule has 82 heavy (non-hydrogen) atoms. The van der Waals surface area contributed by atoms with Gasteiger partial charge in [-0.3, -0.25) is 0 Å². The number of fused-ring (bicyclic) bond motifs is 13. The molecular formula is C76H40BN5. The van der Waals surface area contributed by atoms with Gasteiger partial charge in [0.15, 0.2) is 0 Å². The fourth-order valence-corrected chi connectivity index (χ4v) is 16.3. The zero-order chi connectivity index (χ0) is 53.4. The van der Waals surface area contributed by atoms with E-state index in [1.54, 1.807) is 0 Å². The first-order valence-electron chi connectivity index (χ1n) is 28.4. The van der Waals surface area contributed by atoms with E-state index in [4.69, 9.17) is 0 Å². The fraction of sp³-hybridized carbons (Fsp3) is 0.0263. The normalized spacial score (nSPS) is 16.2. The summed E-state index contributed by atoms with van der Waals surface area (Å²) in [6.45, 7) is -0.248. The number of nitrogens with zero attached hydrogens (tertiary/aromatic N) is 5. The molecule has 14 aromatic rings. The number of allylic oxidation sites excluding steroid dienone is 14. The average Bonchev–Trinajstić information content (AvgIpc) is 2.01. The molecule has 372 valence electrons. The van der Waals surface area contributed by atoms with E-state index in [0.717, 1.165) is 105 Å². The summed E-state index contributed by atoms with van der Waals surface area (Å²) in [6.07, 6.45) is 19.4. The van der Waals surface area contributed by atoms with Gasteiger partial charge in [0.05, 0.1) is 39.1 Å². The van der Waals surface area contributed by atoms with Crippen LogP contribution in [0.25, 0.3) is 131 Å². The Labute approximate surface area is 469 Å². The third-order valence-electron chi connectivity index (χ3n) is 19.5. The maximum absolute atomic E-state index is 12.3. The highest BCUT2D eigenvalue weighted by Crippen LogP contribution is 2.52. The maximum Gasteiger partial charge on any atom is 0.252 e. The predicted molar refractivity (Wildman–Crippen MR) is 338 cm³/mol. The van der Waals surface area contributed by atoms with Gasteiger partial charge in [-0.15, -0.1) is 0 Å². The van der Waals surface area contributed by atoms with Crippen molar-refractivity contribution in [3.8, 4) is 40.3 Å². The second-order valence-electron chi connectivity index (χ2n) is 23.1. The summed E-state index contributed by atoms with van der Waals surface area (Å²) in [6, 6.07) is 70.4. The Bertz CT molecular complexity index is 5640. The van der Waals surface area contributed by atoms with Crippen LogP contribution in [0.1, 0.15) is 23.1 Å². The first-order chi connectivity index (χ1) is 40.6. The van der Waals surface area contributed by atoms with E-state index >= 15 is 0 Å². The van der Waals surface area contributed by atoms with E-state index in [-0.39, 0.29) is 12.6 Å². The standard InChI is InChI=1S/C76H40BN5/c78-39-59-72(60(40-79)76-71-75(59)81-63-19-3-1-13-51(63)55-15-7-17-61(73(55)81)77(71)62-18-8-16-56-52-14-2-4-20-64(52)82(76)74(56)62)80-65-35-29-47(49-31-25-45-23-21-41-9-5-11-43-27-33-53(49)69(45)67(41)43)37-57(65)58-38-48(30-36-66(58)80)50-32-26-46-24-22-42-10-6-12-44-28-34-54(50)70(46)68(42)44/h1-9,11-38,70H,10H2. The highest BCUT2D eigenvalue weighted by atomic mass is 15.1. The Morgan fingerprint density at radius 1 is 0.451 bits per heavy atom. The Morgan fingerprint density at radius 2 is 1.05 bits per heavy atom. The number of hydrogen-bond acceptors (Lipinski definition) is 2. The molecule has 0 radical (unpaired) electrons. The largest absolute Gasteiger partial charge is 0.309 e. The molecule has 0 saturated carbocycles. The van der Waals surface area contributed by atoms with Crippen LogP contribution < -0.4 is 16.4 Å². The van der Waals surface area contributed by atoms with Crippen molar-refractivity contribution >= 4 is 126 Å². The van der Waals surface area contributed by atoms with Gasteiger partial charge in [-0.1, -0.05) is 188 Å². The molecule has 0 N–H and O–H groups in total. The lowest BCUT2D eigenvalue weighted by molar-refractivity contribution is 0.835. The smallest absolute Gasteiger partial charge is 0.252 e. The van der Waals surface area contributed by atoms with Crippen LogP contribution >= 0.6 is 0 Å². The van der Waals surface area contributed by atoms with Crippen LogP contribution in [0, 0.1) is 28.6 Å². The molecule has 0 saturated heterocycles. The van der Waals surface area contributed by atoms with Crippen LogP contribution in [0.2, 0.25) is 0 Å². The van der Waals surface area contributed by atoms with Crippen LogP contribution in [0.3, 0.4) is 0 Å². The van der Waals surface area contributed by atoms with Gasteiger partial charge in [-0.25, -0.2) is 0 Å². The first kappa shape index (κ1) is 43.0. The van der Waals surface area contributed by atoms with Crippen molar-refractivity contribution in [1.82, 2.24) is 13.7 Å². The van der Waals surface area contributed by atoms with Crippen molar-refractivity contribution in [3.63, 3.8) is 0 Å². The lowest BCUT2D eigenvalue weighted by Gasteiger charge is -2.36.